The van der Waals surface area contributed by atoms with Crippen molar-refractivity contribution in [2.24, 2.45) is 18.0 Å². The molecule has 1 saturated heterocycles. The average molecular weight is 447 g/mol. The van der Waals surface area contributed by atoms with E-state index in [1.54, 1.807) is 0 Å². The van der Waals surface area contributed by atoms with Gasteiger partial charge in [-0.3, -0.25) is 0 Å². The maximum atomic E-state index is 4.68. The highest BCUT2D eigenvalue weighted by Gasteiger charge is 2.17. The molecule has 0 aromatic carbocycles. The van der Waals surface area contributed by atoms with Crippen LogP contribution >= 0.6 is 24.0 Å². The number of guanidine groups is 1. The van der Waals surface area contributed by atoms with Crippen LogP contribution < -0.4 is 10.6 Å². The molecule has 1 aromatic rings. The third-order valence-electron chi connectivity index (χ3n) is 4.66. The molecule has 1 aliphatic heterocycles. The quantitative estimate of drug-likeness (QED) is 0.384. The van der Waals surface area contributed by atoms with E-state index in [-0.39, 0.29) is 24.0 Å². The standard InChI is InChI=1S/C18H33N5.HI/c1-4-19-18(21-14-17-7-11-22(3)15-17)20-10-6-16-8-12-23(5-2)13-9-16;/h7,11,15-16H,4-6,8-10,12-14H2,1-3H3,(H2,19,20,21);1H. The second kappa shape index (κ2) is 11.7. The van der Waals surface area contributed by atoms with E-state index in [2.05, 4.69) is 57.4 Å². The van der Waals surface area contributed by atoms with Crippen molar-refractivity contribution in [3.63, 3.8) is 0 Å². The van der Waals surface area contributed by atoms with E-state index in [9.17, 15) is 0 Å². The monoisotopic (exact) mass is 447 g/mol. The summed E-state index contributed by atoms with van der Waals surface area (Å²) in [4.78, 5) is 7.23. The zero-order valence-electron chi connectivity index (χ0n) is 15.4. The Bertz CT molecular complexity index is 478. The summed E-state index contributed by atoms with van der Waals surface area (Å²) >= 11 is 0. The van der Waals surface area contributed by atoms with Gasteiger partial charge in [0.15, 0.2) is 5.96 Å². The first-order valence-electron chi connectivity index (χ1n) is 9.06. The summed E-state index contributed by atoms with van der Waals surface area (Å²) in [5.74, 6) is 1.80. The Morgan fingerprint density at radius 1 is 1.25 bits per heavy atom. The summed E-state index contributed by atoms with van der Waals surface area (Å²) in [6.45, 7) is 10.7. The minimum Gasteiger partial charge on any atom is -0.357 e. The molecule has 6 heteroatoms. The molecular formula is C18H34IN5. The van der Waals surface area contributed by atoms with Crippen molar-refractivity contribution in [3.05, 3.63) is 24.0 Å². The highest BCUT2D eigenvalue weighted by molar-refractivity contribution is 14.0. The molecule has 2 heterocycles. The number of aromatic nitrogens is 1. The normalized spacial score (nSPS) is 16.7. The zero-order chi connectivity index (χ0) is 16.5. The van der Waals surface area contributed by atoms with Gasteiger partial charge in [0.2, 0.25) is 0 Å². The molecule has 0 spiro atoms. The SMILES string of the molecule is CCNC(=NCc1ccn(C)c1)NCCC1CCN(CC)CC1.I. The van der Waals surface area contributed by atoms with Gasteiger partial charge in [0.05, 0.1) is 6.54 Å². The number of nitrogens with zero attached hydrogens (tertiary/aromatic N) is 3. The van der Waals surface area contributed by atoms with Crippen LogP contribution in [0.5, 0.6) is 0 Å². The van der Waals surface area contributed by atoms with Gasteiger partial charge in [-0.2, -0.15) is 0 Å². The van der Waals surface area contributed by atoms with E-state index in [0.717, 1.165) is 31.5 Å². The van der Waals surface area contributed by atoms with Crippen LogP contribution in [0, 0.1) is 5.92 Å². The summed E-state index contributed by atoms with van der Waals surface area (Å²) in [6, 6.07) is 2.12. The largest absolute Gasteiger partial charge is 0.357 e. The molecule has 1 aromatic heterocycles. The predicted octanol–water partition coefficient (Wildman–Crippen LogP) is 2.82. The van der Waals surface area contributed by atoms with Gasteiger partial charge in [-0.1, -0.05) is 6.92 Å². The van der Waals surface area contributed by atoms with E-state index in [1.165, 1.54) is 44.5 Å². The molecule has 0 amide bonds. The number of aliphatic imine (C=N–C) groups is 1. The molecule has 2 N–H and O–H groups in total. The molecule has 0 saturated carbocycles. The first-order valence-corrected chi connectivity index (χ1v) is 9.06. The van der Waals surface area contributed by atoms with E-state index in [4.69, 9.17) is 0 Å². The van der Waals surface area contributed by atoms with Crippen molar-refractivity contribution in [1.29, 1.82) is 0 Å². The maximum absolute atomic E-state index is 4.68. The number of rotatable bonds is 7. The third-order valence-corrected chi connectivity index (χ3v) is 4.66. The highest BCUT2D eigenvalue weighted by atomic mass is 127. The molecule has 2 rings (SSSR count). The van der Waals surface area contributed by atoms with E-state index in [1.807, 2.05) is 7.05 Å². The van der Waals surface area contributed by atoms with Gasteiger partial charge in [0.25, 0.3) is 0 Å². The Morgan fingerprint density at radius 2 is 2.00 bits per heavy atom. The molecule has 0 bridgehead atoms. The van der Waals surface area contributed by atoms with Crippen molar-refractivity contribution in [1.82, 2.24) is 20.1 Å². The lowest BCUT2D eigenvalue weighted by atomic mass is 9.93. The Kier molecular flexibility index (Phi) is 10.4. The van der Waals surface area contributed by atoms with Gasteiger partial charge >= 0.3 is 0 Å². The predicted molar refractivity (Wildman–Crippen MR) is 113 cm³/mol. The second-order valence-electron chi connectivity index (χ2n) is 6.47. The Balaban J connectivity index is 0.00000288. The van der Waals surface area contributed by atoms with Crippen LogP contribution in [-0.2, 0) is 13.6 Å². The molecule has 0 aliphatic carbocycles. The third kappa shape index (κ3) is 7.42. The number of aryl methyl sites for hydroxylation is 1. The lowest BCUT2D eigenvalue weighted by molar-refractivity contribution is 0.187. The van der Waals surface area contributed by atoms with Gasteiger partial charge in [0.1, 0.15) is 0 Å². The molecule has 0 radical (unpaired) electrons. The fourth-order valence-electron chi connectivity index (χ4n) is 3.15. The molecule has 0 atom stereocenters. The lowest BCUT2D eigenvalue weighted by Crippen LogP contribution is -2.39. The molecule has 0 unspecified atom stereocenters. The fourth-order valence-corrected chi connectivity index (χ4v) is 3.15. The Labute approximate surface area is 164 Å². The molecular weight excluding hydrogens is 413 g/mol. The number of likely N-dealkylation sites (tertiary alicyclic amines) is 1. The molecule has 138 valence electrons. The number of halogens is 1. The van der Waals surface area contributed by atoms with Crippen LogP contribution in [0.2, 0.25) is 0 Å². The number of nitrogens with one attached hydrogen (secondary N) is 2. The lowest BCUT2D eigenvalue weighted by Gasteiger charge is -2.31. The topological polar surface area (TPSA) is 44.6 Å². The average Bonchev–Trinajstić information content (AvgIpc) is 2.99. The smallest absolute Gasteiger partial charge is 0.191 e. The summed E-state index contributed by atoms with van der Waals surface area (Å²) < 4.78 is 2.06. The minimum absolute atomic E-state index is 0. The minimum atomic E-state index is 0. The van der Waals surface area contributed by atoms with Crippen LogP contribution in [0.25, 0.3) is 0 Å². The second-order valence-corrected chi connectivity index (χ2v) is 6.47. The van der Waals surface area contributed by atoms with Crippen molar-refractivity contribution in [2.45, 2.75) is 39.7 Å². The van der Waals surface area contributed by atoms with E-state index >= 15 is 0 Å². The zero-order valence-corrected chi connectivity index (χ0v) is 17.8. The summed E-state index contributed by atoms with van der Waals surface area (Å²) in [5, 5.41) is 6.83. The van der Waals surface area contributed by atoms with Crippen molar-refractivity contribution in [2.75, 3.05) is 32.7 Å². The number of piperidine rings is 1. The van der Waals surface area contributed by atoms with E-state index in [0.29, 0.717) is 0 Å². The van der Waals surface area contributed by atoms with Gasteiger partial charge in [-0.05, 0) is 63.4 Å². The summed E-state index contributed by atoms with van der Waals surface area (Å²) in [7, 11) is 2.04. The number of hydrogen-bond donors (Lipinski definition) is 2. The number of hydrogen-bond acceptors (Lipinski definition) is 2. The van der Waals surface area contributed by atoms with Crippen LogP contribution in [0.15, 0.2) is 23.5 Å². The fraction of sp³-hybridized carbons (Fsp3) is 0.722. The Hall–Kier alpha value is -0.760. The molecule has 24 heavy (non-hydrogen) atoms. The van der Waals surface area contributed by atoms with Crippen molar-refractivity contribution >= 4 is 29.9 Å². The van der Waals surface area contributed by atoms with Gasteiger partial charge in [-0.25, -0.2) is 4.99 Å². The maximum Gasteiger partial charge on any atom is 0.191 e. The molecule has 5 nitrogen and oxygen atoms in total. The summed E-state index contributed by atoms with van der Waals surface area (Å²) in [6.07, 6.45) is 8.11. The van der Waals surface area contributed by atoms with Crippen molar-refractivity contribution < 1.29 is 0 Å². The van der Waals surface area contributed by atoms with Gasteiger partial charge in [-0.15, -0.1) is 24.0 Å². The van der Waals surface area contributed by atoms with Crippen LogP contribution in [0.1, 0.15) is 38.7 Å². The first kappa shape index (κ1) is 21.3. The highest BCUT2D eigenvalue weighted by Crippen LogP contribution is 2.19. The van der Waals surface area contributed by atoms with Gasteiger partial charge < -0.3 is 20.1 Å². The van der Waals surface area contributed by atoms with Crippen LogP contribution in [0.3, 0.4) is 0 Å². The molecule has 1 aliphatic rings. The Morgan fingerprint density at radius 3 is 2.58 bits per heavy atom. The van der Waals surface area contributed by atoms with Crippen molar-refractivity contribution in [3.8, 4) is 0 Å². The summed E-state index contributed by atoms with van der Waals surface area (Å²) in [5.41, 5.74) is 1.25. The van der Waals surface area contributed by atoms with Gasteiger partial charge in [0, 0.05) is 32.5 Å². The van der Waals surface area contributed by atoms with Crippen LogP contribution in [-0.4, -0.2) is 48.2 Å². The molecule has 1 fully saturated rings. The first-order chi connectivity index (χ1) is 11.2. The van der Waals surface area contributed by atoms with Crippen LogP contribution in [0.4, 0.5) is 0 Å². The van der Waals surface area contributed by atoms with E-state index < -0.39 is 0 Å².